The third kappa shape index (κ3) is 4.19. The molecular weight excluding hydrogens is 266 g/mol. The lowest BCUT2D eigenvalue weighted by Gasteiger charge is -2.25. The van der Waals surface area contributed by atoms with Gasteiger partial charge in [-0.05, 0) is 43.7 Å². The third-order valence-electron chi connectivity index (χ3n) is 3.89. The lowest BCUT2D eigenvalue weighted by molar-refractivity contribution is 0.0706. The van der Waals surface area contributed by atoms with Crippen molar-refractivity contribution in [2.75, 3.05) is 45.2 Å². The van der Waals surface area contributed by atoms with E-state index >= 15 is 0 Å². The van der Waals surface area contributed by atoms with E-state index in [0.717, 1.165) is 25.1 Å². The summed E-state index contributed by atoms with van der Waals surface area (Å²) in [6.07, 6.45) is 2.25. The molecule has 1 aliphatic heterocycles. The molecule has 0 saturated carbocycles. The fourth-order valence-corrected chi connectivity index (χ4v) is 2.66. The molecule has 1 amide bonds. The van der Waals surface area contributed by atoms with E-state index < -0.39 is 0 Å². The van der Waals surface area contributed by atoms with E-state index in [0.29, 0.717) is 24.7 Å². The summed E-state index contributed by atoms with van der Waals surface area (Å²) in [6, 6.07) is 7.94. The van der Waals surface area contributed by atoms with Crippen LogP contribution in [0.4, 0.5) is 5.69 Å². The van der Waals surface area contributed by atoms with Crippen LogP contribution in [0.5, 0.6) is 0 Å². The maximum Gasteiger partial charge on any atom is 0.253 e. The molecule has 116 valence electrons. The van der Waals surface area contributed by atoms with Gasteiger partial charge in [-0.25, -0.2) is 0 Å². The summed E-state index contributed by atoms with van der Waals surface area (Å²) < 4.78 is 0. The van der Waals surface area contributed by atoms with Crippen molar-refractivity contribution in [1.82, 2.24) is 10.2 Å². The van der Waals surface area contributed by atoms with Crippen molar-refractivity contribution in [2.24, 2.45) is 0 Å². The largest absolute Gasteiger partial charge is 0.395 e. The van der Waals surface area contributed by atoms with Crippen molar-refractivity contribution in [3.05, 3.63) is 29.8 Å². The Morgan fingerprint density at radius 1 is 1.33 bits per heavy atom. The van der Waals surface area contributed by atoms with Crippen LogP contribution in [0.1, 0.15) is 23.2 Å². The van der Waals surface area contributed by atoms with Crippen LogP contribution >= 0.6 is 0 Å². The molecule has 21 heavy (non-hydrogen) atoms. The van der Waals surface area contributed by atoms with Gasteiger partial charge >= 0.3 is 0 Å². The van der Waals surface area contributed by atoms with E-state index in [-0.39, 0.29) is 12.5 Å². The zero-order valence-corrected chi connectivity index (χ0v) is 12.9. The number of carbonyl (C=O) groups excluding carboxylic acids is 1. The fourth-order valence-electron chi connectivity index (χ4n) is 2.66. The van der Waals surface area contributed by atoms with Crippen molar-refractivity contribution in [2.45, 2.75) is 18.9 Å². The highest BCUT2D eigenvalue weighted by atomic mass is 16.3. The molecular formula is C16H25N3O2. The zero-order chi connectivity index (χ0) is 15.2. The predicted octanol–water partition coefficient (Wildman–Crippen LogP) is 0.939. The fraction of sp³-hybridized carbons (Fsp3) is 0.562. The summed E-state index contributed by atoms with van der Waals surface area (Å²) >= 11 is 0. The minimum Gasteiger partial charge on any atom is -0.395 e. The van der Waals surface area contributed by atoms with Crippen LogP contribution < -0.4 is 10.2 Å². The molecule has 0 radical (unpaired) electrons. The van der Waals surface area contributed by atoms with E-state index in [1.165, 1.54) is 0 Å². The number of hydrogen-bond acceptors (Lipinski definition) is 4. The topological polar surface area (TPSA) is 55.8 Å². The van der Waals surface area contributed by atoms with E-state index in [9.17, 15) is 9.90 Å². The Bertz CT molecular complexity index is 453. The van der Waals surface area contributed by atoms with Crippen molar-refractivity contribution < 1.29 is 9.90 Å². The number of nitrogens with one attached hydrogen (secondary N) is 1. The predicted molar refractivity (Wildman–Crippen MR) is 84.8 cm³/mol. The lowest BCUT2D eigenvalue weighted by Crippen LogP contribution is -2.42. The Kier molecular flexibility index (Phi) is 5.59. The summed E-state index contributed by atoms with van der Waals surface area (Å²) in [6.45, 7) is 2.05. The average Bonchev–Trinajstić information content (AvgIpc) is 2.99. The molecule has 1 unspecified atom stereocenters. The van der Waals surface area contributed by atoms with Gasteiger partial charge in [-0.3, -0.25) is 4.79 Å². The summed E-state index contributed by atoms with van der Waals surface area (Å²) in [7, 11) is 3.95. The Labute approximate surface area is 126 Å². The number of aliphatic hydroxyl groups is 1. The molecule has 5 nitrogen and oxygen atoms in total. The first-order valence-electron chi connectivity index (χ1n) is 7.52. The summed E-state index contributed by atoms with van der Waals surface area (Å²) in [4.78, 5) is 16.3. The molecule has 1 saturated heterocycles. The molecule has 2 rings (SSSR count). The summed E-state index contributed by atoms with van der Waals surface area (Å²) in [5, 5.41) is 12.6. The van der Waals surface area contributed by atoms with Crippen LogP contribution in [0.25, 0.3) is 0 Å². The SMILES string of the molecule is CN(C)c1ccc(C(=O)N(CCO)CC2CCCN2)cc1. The van der Waals surface area contributed by atoms with Gasteiger partial charge < -0.3 is 20.2 Å². The van der Waals surface area contributed by atoms with Gasteiger partial charge in [-0.1, -0.05) is 0 Å². The van der Waals surface area contributed by atoms with Crippen LogP contribution in [-0.4, -0.2) is 62.3 Å². The second kappa shape index (κ2) is 7.43. The molecule has 2 N–H and O–H groups in total. The van der Waals surface area contributed by atoms with Crippen molar-refractivity contribution >= 4 is 11.6 Å². The minimum absolute atomic E-state index is 0.00571. The molecule has 1 aromatic rings. The smallest absolute Gasteiger partial charge is 0.253 e. The molecule has 1 atom stereocenters. The molecule has 0 aliphatic carbocycles. The van der Waals surface area contributed by atoms with Crippen LogP contribution in [0.15, 0.2) is 24.3 Å². The Morgan fingerprint density at radius 3 is 2.57 bits per heavy atom. The molecule has 1 fully saturated rings. The Hall–Kier alpha value is -1.59. The molecule has 5 heteroatoms. The standard InChI is InChI=1S/C16H25N3O2/c1-18(2)15-7-5-13(6-8-15)16(21)19(10-11-20)12-14-4-3-9-17-14/h5-8,14,17,20H,3-4,9-12H2,1-2H3. The number of hydrogen-bond donors (Lipinski definition) is 2. The van der Waals surface area contributed by atoms with E-state index in [4.69, 9.17) is 0 Å². The normalized spacial score (nSPS) is 17.8. The number of amides is 1. The Morgan fingerprint density at radius 2 is 2.05 bits per heavy atom. The average molecular weight is 291 g/mol. The van der Waals surface area contributed by atoms with Gasteiger partial charge in [0, 0.05) is 44.5 Å². The first-order valence-corrected chi connectivity index (χ1v) is 7.52. The van der Waals surface area contributed by atoms with Gasteiger partial charge in [-0.2, -0.15) is 0 Å². The van der Waals surface area contributed by atoms with Crippen molar-refractivity contribution in [3.63, 3.8) is 0 Å². The first-order chi connectivity index (χ1) is 10.1. The lowest BCUT2D eigenvalue weighted by atomic mass is 10.1. The monoisotopic (exact) mass is 291 g/mol. The molecule has 1 aliphatic rings. The van der Waals surface area contributed by atoms with E-state index in [1.54, 1.807) is 4.90 Å². The maximum atomic E-state index is 12.6. The zero-order valence-electron chi connectivity index (χ0n) is 12.9. The number of nitrogens with zero attached hydrogens (tertiary/aromatic N) is 2. The second-order valence-electron chi connectivity index (χ2n) is 5.71. The molecule has 0 aromatic heterocycles. The molecule has 0 spiro atoms. The van der Waals surface area contributed by atoms with Crippen molar-refractivity contribution in [3.8, 4) is 0 Å². The van der Waals surface area contributed by atoms with Gasteiger partial charge in [0.25, 0.3) is 5.91 Å². The Balaban J connectivity index is 2.05. The van der Waals surface area contributed by atoms with E-state index in [1.807, 2.05) is 43.3 Å². The van der Waals surface area contributed by atoms with Crippen LogP contribution in [-0.2, 0) is 0 Å². The molecule has 1 aromatic carbocycles. The maximum absolute atomic E-state index is 12.6. The number of rotatable bonds is 6. The van der Waals surface area contributed by atoms with Gasteiger partial charge in [-0.15, -0.1) is 0 Å². The van der Waals surface area contributed by atoms with E-state index in [2.05, 4.69) is 5.32 Å². The quantitative estimate of drug-likeness (QED) is 0.819. The van der Waals surface area contributed by atoms with Gasteiger partial charge in [0.15, 0.2) is 0 Å². The highest BCUT2D eigenvalue weighted by Gasteiger charge is 2.22. The van der Waals surface area contributed by atoms with Crippen molar-refractivity contribution in [1.29, 1.82) is 0 Å². The number of anilines is 1. The van der Waals surface area contributed by atoms with Crippen LogP contribution in [0.3, 0.4) is 0 Å². The third-order valence-corrected chi connectivity index (χ3v) is 3.89. The highest BCUT2D eigenvalue weighted by molar-refractivity contribution is 5.94. The first kappa shape index (κ1) is 15.8. The van der Waals surface area contributed by atoms with Gasteiger partial charge in [0.05, 0.1) is 6.61 Å². The minimum atomic E-state index is -0.0111. The van der Waals surface area contributed by atoms with Crippen LogP contribution in [0.2, 0.25) is 0 Å². The van der Waals surface area contributed by atoms with Gasteiger partial charge in [0.1, 0.15) is 0 Å². The number of benzene rings is 1. The van der Waals surface area contributed by atoms with Gasteiger partial charge in [0.2, 0.25) is 0 Å². The molecule has 0 bridgehead atoms. The van der Waals surface area contributed by atoms with Crippen LogP contribution in [0, 0.1) is 0 Å². The summed E-state index contributed by atoms with van der Waals surface area (Å²) in [5.74, 6) is -0.0111. The number of carbonyl (C=O) groups is 1. The number of aliphatic hydroxyl groups excluding tert-OH is 1. The second-order valence-corrected chi connectivity index (χ2v) is 5.71. The molecule has 1 heterocycles. The summed E-state index contributed by atoms with van der Waals surface area (Å²) in [5.41, 5.74) is 1.74. The highest BCUT2D eigenvalue weighted by Crippen LogP contribution is 2.15.